The van der Waals surface area contributed by atoms with Crippen molar-refractivity contribution in [1.29, 1.82) is 0 Å². The van der Waals surface area contributed by atoms with E-state index in [9.17, 15) is 0 Å². The maximum Gasteiger partial charge on any atom is 0.161 e. The Labute approximate surface area is 100 Å². The van der Waals surface area contributed by atoms with E-state index in [-0.39, 0.29) is 0 Å². The average molecular weight is 232 g/mol. The van der Waals surface area contributed by atoms with E-state index in [1.54, 1.807) is 0 Å². The summed E-state index contributed by atoms with van der Waals surface area (Å²) in [5.74, 6) is 0.994. The first-order valence-electron chi connectivity index (χ1n) is 5.88. The third-order valence-corrected chi connectivity index (χ3v) is 3.31. The predicted octanol–water partition coefficient (Wildman–Crippen LogP) is 1.11. The highest BCUT2D eigenvalue weighted by atomic mass is 16.5. The number of aryl methyl sites for hydroxylation is 2. The van der Waals surface area contributed by atoms with Crippen LogP contribution >= 0.6 is 0 Å². The van der Waals surface area contributed by atoms with Crippen LogP contribution in [-0.2, 0) is 11.8 Å². The molecule has 0 aliphatic carbocycles. The zero-order valence-corrected chi connectivity index (χ0v) is 10.2. The molecule has 2 aromatic rings. The monoisotopic (exact) mass is 232 g/mol. The molecule has 0 spiro atoms. The van der Waals surface area contributed by atoms with Gasteiger partial charge in [0.1, 0.15) is 11.3 Å². The molecule has 0 amide bonds. The number of rotatable bonds is 1. The van der Waals surface area contributed by atoms with Gasteiger partial charge >= 0.3 is 0 Å². The molecule has 0 unspecified atom stereocenters. The van der Waals surface area contributed by atoms with Crippen molar-refractivity contribution >= 4 is 16.9 Å². The number of nitrogens with zero attached hydrogens (tertiary/aromatic N) is 4. The maximum atomic E-state index is 5.38. The van der Waals surface area contributed by atoms with E-state index in [4.69, 9.17) is 4.74 Å². The molecule has 0 N–H and O–H groups in total. The van der Waals surface area contributed by atoms with Crippen LogP contribution in [0.15, 0.2) is 12.3 Å². The smallest absolute Gasteiger partial charge is 0.161 e. The van der Waals surface area contributed by atoms with Crippen molar-refractivity contribution in [3.8, 4) is 0 Å². The molecule has 0 bridgehead atoms. The van der Waals surface area contributed by atoms with Gasteiger partial charge in [0.2, 0.25) is 0 Å². The summed E-state index contributed by atoms with van der Waals surface area (Å²) in [6.45, 7) is 5.43. The van der Waals surface area contributed by atoms with E-state index in [1.165, 1.54) is 5.69 Å². The average Bonchev–Trinajstić information content (AvgIpc) is 2.67. The fourth-order valence-electron chi connectivity index (χ4n) is 2.24. The van der Waals surface area contributed by atoms with Gasteiger partial charge in [-0.3, -0.25) is 0 Å². The molecule has 5 nitrogen and oxygen atoms in total. The summed E-state index contributed by atoms with van der Waals surface area (Å²) in [5.41, 5.74) is 3.11. The van der Waals surface area contributed by atoms with Crippen LogP contribution in [0.2, 0.25) is 0 Å². The largest absolute Gasteiger partial charge is 0.378 e. The van der Waals surface area contributed by atoms with Gasteiger partial charge in [-0.25, -0.2) is 9.97 Å². The second-order valence-corrected chi connectivity index (χ2v) is 4.32. The number of hydrogen-bond acceptors (Lipinski definition) is 4. The first-order chi connectivity index (χ1) is 8.27. The van der Waals surface area contributed by atoms with Gasteiger partial charge < -0.3 is 14.2 Å². The second kappa shape index (κ2) is 4.00. The lowest BCUT2D eigenvalue weighted by Gasteiger charge is -2.28. The minimum atomic E-state index is 0.787. The number of ether oxygens (including phenoxy) is 1. The highest BCUT2D eigenvalue weighted by Gasteiger charge is 2.17. The first-order valence-corrected chi connectivity index (χ1v) is 5.88. The molecule has 1 saturated heterocycles. The Bertz CT molecular complexity index is 543. The van der Waals surface area contributed by atoms with Crippen molar-refractivity contribution in [1.82, 2.24) is 14.5 Å². The van der Waals surface area contributed by atoms with Crippen molar-refractivity contribution in [2.75, 3.05) is 31.2 Å². The van der Waals surface area contributed by atoms with Gasteiger partial charge in [-0.15, -0.1) is 0 Å². The van der Waals surface area contributed by atoms with E-state index in [0.717, 1.165) is 43.3 Å². The summed E-state index contributed by atoms with van der Waals surface area (Å²) in [5, 5.41) is 0. The highest BCUT2D eigenvalue weighted by molar-refractivity contribution is 5.86. The lowest BCUT2D eigenvalue weighted by atomic mass is 10.3. The molecule has 3 heterocycles. The minimum Gasteiger partial charge on any atom is -0.378 e. The van der Waals surface area contributed by atoms with Crippen molar-refractivity contribution < 1.29 is 4.74 Å². The van der Waals surface area contributed by atoms with Crippen LogP contribution in [0.4, 0.5) is 5.69 Å². The number of pyridine rings is 1. The van der Waals surface area contributed by atoms with Crippen LogP contribution in [0.1, 0.15) is 5.82 Å². The number of anilines is 1. The molecule has 1 aliphatic heterocycles. The van der Waals surface area contributed by atoms with Gasteiger partial charge in [-0.1, -0.05) is 0 Å². The topological polar surface area (TPSA) is 43.2 Å². The Hall–Kier alpha value is -1.62. The summed E-state index contributed by atoms with van der Waals surface area (Å²) in [6.07, 6.45) is 1.86. The summed E-state index contributed by atoms with van der Waals surface area (Å²) in [6, 6.07) is 2.04. The summed E-state index contributed by atoms with van der Waals surface area (Å²) in [4.78, 5) is 11.3. The Morgan fingerprint density at radius 3 is 2.82 bits per heavy atom. The van der Waals surface area contributed by atoms with Crippen LogP contribution in [-0.4, -0.2) is 40.8 Å². The molecule has 90 valence electrons. The number of aromatic nitrogens is 3. The zero-order chi connectivity index (χ0) is 11.8. The lowest BCUT2D eigenvalue weighted by Crippen LogP contribution is -2.36. The molecule has 17 heavy (non-hydrogen) atoms. The Morgan fingerprint density at radius 1 is 1.29 bits per heavy atom. The van der Waals surface area contributed by atoms with E-state index < -0.39 is 0 Å². The van der Waals surface area contributed by atoms with Crippen LogP contribution in [0.3, 0.4) is 0 Å². The predicted molar refractivity (Wildman–Crippen MR) is 66.3 cm³/mol. The fraction of sp³-hybridized carbons (Fsp3) is 0.500. The third kappa shape index (κ3) is 1.67. The van der Waals surface area contributed by atoms with Crippen molar-refractivity contribution in [2.45, 2.75) is 6.92 Å². The number of fused-ring (bicyclic) bond motifs is 1. The van der Waals surface area contributed by atoms with Gasteiger partial charge in [0.05, 0.1) is 18.9 Å². The molecule has 3 rings (SSSR count). The van der Waals surface area contributed by atoms with Crippen LogP contribution in [0.5, 0.6) is 0 Å². The van der Waals surface area contributed by atoms with Gasteiger partial charge in [0, 0.05) is 26.3 Å². The summed E-state index contributed by atoms with van der Waals surface area (Å²) in [7, 11) is 2.00. The van der Waals surface area contributed by atoms with Crippen LogP contribution in [0.25, 0.3) is 11.2 Å². The molecule has 2 aromatic heterocycles. The van der Waals surface area contributed by atoms with Crippen LogP contribution < -0.4 is 4.90 Å². The number of hydrogen-bond donors (Lipinski definition) is 0. The van der Waals surface area contributed by atoms with Crippen LogP contribution in [0, 0.1) is 6.92 Å². The molecule has 1 aliphatic rings. The van der Waals surface area contributed by atoms with E-state index in [1.807, 2.05) is 30.8 Å². The molecular weight excluding hydrogens is 216 g/mol. The quantitative estimate of drug-likeness (QED) is 0.739. The van der Waals surface area contributed by atoms with E-state index in [0.29, 0.717) is 0 Å². The SMILES string of the molecule is Cc1nc2c(N3CCOCC3)ccnc2n1C. The van der Waals surface area contributed by atoms with Gasteiger partial charge in [-0.2, -0.15) is 0 Å². The van der Waals surface area contributed by atoms with Crippen molar-refractivity contribution in [2.24, 2.45) is 7.05 Å². The number of morpholine rings is 1. The normalized spacial score (nSPS) is 16.7. The maximum absolute atomic E-state index is 5.38. The zero-order valence-electron chi connectivity index (χ0n) is 10.2. The lowest BCUT2D eigenvalue weighted by molar-refractivity contribution is 0.123. The van der Waals surface area contributed by atoms with Crippen molar-refractivity contribution in [3.05, 3.63) is 18.1 Å². The summed E-state index contributed by atoms with van der Waals surface area (Å²) >= 11 is 0. The molecule has 0 atom stereocenters. The minimum absolute atomic E-state index is 0.787. The molecular formula is C12H16N4O. The Kier molecular flexibility index (Phi) is 2.48. The molecule has 0 radical (unpaired) electrons. The highest BCUT2D eigenvalue weighted by Crippen LogP contribution is 2.25. The Morgan fingerprint density at radius 2 is 2.06 bits per heavy atom. The molecule has 0 saturated carbocycles. The van der Waals surface area contributed by atoms with E-state index >= 15 is 0 Å². The van der Waals surface area contributed by atoms with Crippen molar-refractivity contribution in [3.63, 3.8) is 0 Å². The summed E-state index contributed by atoms with van der Waals surface area (Å²) < 4.78 is 7.41. The van der Waals surface area contributed by atoms with E-state index in [2.05, 4.69) is 14.9 Å². The third-order valence-electron chi connectivity index (χ3n) is 3.31. The number of imidazole rings is 1. The van der Waals surface area contributed by atoms with Gasteiger partial charge in [0.15, 0.2) is 5.65 Å². The standard InChI is InChI=1S/C12H16N4O/c1-9-14-11-10(16-5-7-17-8-6-16)3-4-13-12(11)15(9)2/h3-4H,5-8H2,1-2H3. The molecule has 1 fully saturated rings. The second-order valence-electron chi connectivity index (χ2n) is 4.32. The molecule has 5 heteroatoms. The Balaban J connectivity index is 2.12. The fourth-order valence-corrected chi connectivity index (χ4v) is 2.24. The molecule has 0 aromatic carbocycles. The van der Waals surface area contributed by atoms with Gasteiger partial charge in [-0.05, 0) is 13.0 Å². The van der Waals surface area contributed by atoms with Gasteiger partial charge in [0.25, 0.3) is 0 Å². The first kappa shape index (κ1) is 10.5.